The normalized spacial score (nSPS) is 25.1. The summed E-state index contributed by atoms with van der Waals surface area (Å²) in [4.78, 5) is 2.59. The highest BCUT2D eigenvalue weighted by molar-refractivity contribution is 5.01. The first kappa shape index (κ1) is 12.1. The minimum Gasteiger partial charge on any atom is -0.316 e. The Hall–Kier alpha value is -0.340. The fraction of sp³-hybridized carbons (Fsp3) is 0.857. The third-order valence-electron chi connectivity index (χ3n) is 4.45. The summed E-state index contributed by atoms with van der Waals surface area (Å²) in [7, 11) is 1.99. The molecule has 1 saturated carbocycles. The zero-order valence-corrected chi connectivity index (χ0v) is 10.7. The summed E-state index contributed by atoms with van der Waals surface area (Å²) in [5.74, 6) is 0. The fourth-order valence-electron chi connectivity index (χ4n) is 3.43. The average Bonchev–Trinajstić information content (AvgIpc) is 2.71. The molecule has 0 aromatic carbocycles. The molecule has 16 heavy (non-hydrogen) atoms. The van der Waals surface area contributed by atoms with E-state index in [0.29, 0.717) is 0 Å². The molecule has 0 radical (unpaired) electrons. The molecule has 0 aromatic rings. The molecule has 1 N–H and O–H groups in total. The number of rotatable bonds is 4. The first-order valence-corrected chi connectivity index (χ1v) is 6.78. The third kappa shape index (κ3) is 2.86. The van der Waals surface area contributed by atoms with Crippen molar-refractivity contribution < 1.29 is 0 Å². The number of likely N-dealkylation sites (N-methyl/N-ethyl adjacent to an activating group) is 1. The second-order valence-electron chi connectivity index (χ2n) is 5.76. The molecule has 2 fully saturated rings. The topological polar surface area (TPSA) is 15.3 Å². The van der Waals surface area contributed by atoms with Crippen LogP contribution < -0.4 is 5.32 Å². The van der Waals surface area contributed by atoms with Crippen molar-refractivity contribution in [3.05, 3.63) is 12.2 Å². The van der Waals surface area contributed by atoms with E-state index >= 15 is 0 Å². The van der Waals surface area contributed by atoms with E-state index < -0.39 is 0 Å². The van der Waals surface area contributed by atoms with Gasteiger partial charge in [-0.1, -0.05) is 19.4 Å². The van der Waals surface area contributed by atoms with Crippen LogP contribution in [0.25, 0.3) is 0 Å². The zero-order chi connectivity index (χ0) is 11.4. The van der Waals surface area contributed by atoms with Crippen molar-refractivity contribution >= 4 is 0 Å². The second kappa shape index (κ2) is 5.33. The maximum atomic E-state index is 4.12. The Bertz CT molecular complexity index is 231. The van der Waals surface area contributed by atoms with Gasteiger partial charge in [0.05, 0.1) is 0 Å². The van der Waals surface area contributed by atoms with Crippen LogP contribution in [0.15, 0.2) is 12.2 Å². The van der Waals surface area contributed by atoms with Crippen LogP contribution in [0.5, 0.6) is 0 Å². The molecule has 92 valence electrons. The summed E-state index contributed by atoms with van der Waals surface area (Å²) < 4.78 is 0. The first-order chi connectivity index (χ1) is 7.74. The van der Waals surface area contributed by atoms with Gasteiger partial charge in [0.1, 0.15) is 0 Å². The molecule has 0 bridgehead atoms. The molecule has 1 aliphatic carbocycles. The monoisotopic (exact) mass is 222 g/mol. The highest BCUT2D eigenvalue weighted by Gasteiger charge is 2.36. The van der Waals surface area contributed by atoms with Crippen LogP contribution in [-0.4, -0.2) is 38.1 Å². The molecule has 1 spiro atoms. The van der Waals surface area contributed by atoms with Gasteiger partial charge in [-0.2, -0.15) is 0 Å². The Balaban J connectivity index is 1.74. The van der Waals surface area contributed by atoms with Crippen LogP contribution in [0.4, 0.5) is 0 Å². The van der Waals surface area contributed by atoms with Gasteiger partial charge in [0.2, 0.25) is 0 Å². The van der Waals surface area contributed by atoms with E-state index in [1.807, 2.05) is 7.05 Å². The number of nitrogens with zero attached hydrogens (tertiary/aromatic N) is 1. The Labute approximate surface area is 100 Å². The molecule has 0 aromatic heterocycles. The number of piperidine rings is 1. The van der Waals surface area contributed by atoms with Gasteiger partial charge in [-0.05, 0) is 56.8 Å². The van der Waals surface area contributed by atoms with Crippen molar-refractivity contribution in [1.29, 1.82) is 0 Å². The lowest BCUT2D eigenvalue weighted by Gasteiger charge is -2.39. The number of nitrogens with one attached hydrogen (secondary N) is 1. The number of hydrogen-bond acceptors (Lipinski definition) is 2. The Kier molecular flexibility index (Phi) is 4.04. The van der Waals surface area contributed by atoms with Crippen molar-refractivity contribution in [3.8, 4) is 0 Å². The van der Waals surface area contributed by atoms with Crippen LogP contribution in [-0.2, 0) is 0 Å². The highest BCUT2D eigenvalue weighted by Crippen LogP contribution is 2.46. The zero-order valence-electron chi connectivity index (χ0n) is 10.7. The summed E-state index contributed by atoms with van der Waals surface area (Å²) in [6.07, 6.45) is 8.81. The summed E-state index contributed by atoms with van der Waals surface area (Å²) >= 11 is 0. The summed E-state index contributed by atoms with van der Waals surface area (Å²) in [5, 5.41) is 3.18. The molecule has 1 aliphatic heterocycles. The Morgan fingerprint density at radius 3 is 2.38 bits per heavy atom. The molecular weight excluding hydrogens is 196 g/mol. The maximum Gasteiger partial charge on any atom is 0.0202 e. The van der Waals surface area contributed by atoms with Gasteiger partial charge >= 0.3 is 0 Å². The predicted octanol–water partition coefficient (Wildman–Crippen LogP) is 2.42. The van der Waals surface area contributed by atoms with E-state index in [2.05, 4.69) is 16.8 Å². The van der Waals surface area contributed by atoms with E-state index in [1.54, 1.807) is 0 Å². The molecule has 2 nitrogen and oxygen atoms in total. The molecule has 0 amide bonds. The average molecular weight is 222 g/mol. The lowest BCUT2D eigenvalue weighted by molar-refractivity contribution is 0.115. The second-order valence-corrected chi connectivity index (χ2v) is 5.76. The lowest BCUT2D eigenvalue weighted by atomic mass is 9.77. The van der Waals surface area contributed by atoms with E-state index in [9.17, 15) is 0 Å². The minimum atomic E-state index is 0.751. The van der Waals surface area contributed by atoms with E-state index in [1.165, 1.54) is 57.2 Å². The van der Waals surface area contributed by atoms with Crippen molar-refractivity contribution in [1.82, 2.24) is 10.2 Å². The molecule has 0 atom stereocenters. The van der Waals surface area contributed by atoms with Gasteiger partial charge in [-0.15, -0.1) is 0 Å². The third-order valence-corrected chi connectivity index (χ3v) is 4.45. The fourth-order valence-corrected chi connectivity index (χ4v) is 3.43. The van der Waals surface area contributed by atoms with Crippen molar-refractivity contribution in [2.75, 3.05) is 33.2 Å². The van der Waals surface area contributed by atoms with Crippen LogP contribution in [0.1, 0.15) is 38.5 Å². The van der Waals surface area contributed by atoms with Crippen LogP contribution in [0, 0.1) is 5.41 Å². The van der Waals surface area contributed by atoms with Crippen molar-refractivity contribution in [3.63, 3.8) is 0 Å². The molecular formula is C14H26N2. The largest absolute Gasteiger partial charge is 0.316 e. The Morgan fingerprint density at radius 2 is 1.81 bits per heavy atom. The number of likely N-dealkylation sites (tertiary alicyclic amines) is 1. The standard InChI is InChI=1S/C14H26N2/c1-13(11-15-2)12-16-9-7-14(8-10-16)5-3-4-6-14/h15H,1,3-12H2,2H3. The molecule has 0 unspecified atom stereocenters. The van der Waals surface area contributed by atoms with Gasteiger partial charge in [-0.25, -0.2) is 0 Å². The summed E-state index contributed by atoms with van der Waals surface area (Å²) in [6, 6.07) is 0. The van der Waals surface area contributed by atoms with Gasteiger partial charge < -0.3 is 5.32 Å². The molecule has 1 heterocycles. The van der Waals surface area contributed by atoms with Crippen molar-refractivity contribution in [2.45, 2.75) is 38.5 Å². The SMILES string of the molecule is C=C(CNC)CN1CCC2(CCCC2)CC1. The quantitative estimate of drug-likeness (QED) is 0.735. The Morgan fingerprint density at radius 1 is 1.19 bits per heavy atom. The first-order valence-electron chi connectivity index (χ1n) is 6.78. The van der Waals surface area contributed by atoms with E-state index in [-0.39, 0.29) is 0 Å². The van der Waals surface area contributed by atoms with Gasteiger partial charge in [-0.3, -0.25) is 4.90 Å². The molecule has 2 aliphatic rings. The maximum absolute atomic E-state index is 4.12. The smallest absolute Gasteiger partial charge is 0.0202 e. The van der Waals surface area contributed by atoms with Crippen LogP contribution in [0.3, 0.4) is 0 Å². The molecule has 2 rings (SSSR count). The predicted molar refractivity (Wildman–Crippen MR) is 69.6 cm³/mol. The van der Waals surface area contributed by atoms with Crippen LogP contribution in [0.2, 0.25) is 0 Å². The number of hydrogen-bond donors (Lipinski definition) is 1. The van der Waals surface area contributed by atoms with Crippen molar-refractivity contribution in [2.24, 2.45) is 5.41 Å². The van der Waals surface area contributed by atoms with E-state index in [4.69, 9.17) is 0 Å². The summed E-state index contributed by atoms with van der Waals surface area (Å²) in [5.41, 5.74) is 2.07. The lowest BCUT2D eigenvalue weighted by Crippen LogP contribution is -2.40. The van der Waals surface area contributed by atoms with Crippen LogP contribution >= 0.6 is 0 Å². The highest BCUT2D eigenvalue weighted by atomic mass is 15.1. The van der Waals surface area contributed by atoms with Gasteiger partial charge in [0, 0.05) is 13.1 Å². The van der Waals surface area contributed by atoms with Gasteiger partial charge in [0.15, 0.2) is 0 Å². The molecule has 1 saturated heterocycles. The molecule has 2 heteroatoms. The minimum absolute atomic E-state index is 0.751. The van der Waals surface area contributed by atoms with E-state index in [0.717, 1.165) is 18.5 Å². The van der Waals surface area contributed by atoms with Gasteiger partial charge in [0.25, 0.3) is 0 Å². The summed E-state index contributed by atoms with van der Waals surface area (Å²) in [6.45, 7) is 8.77.